The molecule has 2 fully saturated rings. The number of likely N-dealkylation sites (tertiary alicyclic amines) is 1. The molecule has 110 valence electrons. The highest BCUT2D eigenvalue weighted by atomic mass is 16.5. The van der Waals surface area contributed by atoms with E-state index in [1.165, 1.54) is 12.8 Å². The lowest BCUT2D eigenvalue weighted by Gasteiger charge is -2.24. The molecular formula is C14H22N4O2. The van der Waals surface area contributed by atoms with E-state index in [9.17, 15) is 4.79 Å². The Labute approximate surface area is 119 Å². The Kier molecular flexibility index (Phi) is 3.63. The molecule has 1 atom stereocenters. The van der Waals surface area contributed by atoms with Crippen molar-refractivity contribution in [2.75, 3.05) is 25.5 Å². The van der Waals surface area contributed by atoms with Crippen molar-refractivity contribution in [3.05, 3.63) is 5.89 Å². The summed E-state index contributed by atoms with van der Waals surface area (Å²) in [7, 11) is 3.76. The van der Waals surface area contributed by atoms with Crippen molar-refractivity contribution in [1.82, 2.24) is 15.0 Å². The van der Waals surface area contributed by atoms with Crippen LogP contribution < -0.4 is 4.90 Å². The number of amides is 1. The Bertz CT molecular complexity index is 479. The van der Waals surface area contributed by atoms with Crippen LogP contribution in [0.1, 0.15) is 50.5 Å². The van der Waals surface area contributed by atoms with Crippen LogP contribution in [-0.2, 0) is 4.79 Å². The molecule has 1 saturated heterocycles. The molecule has 2 aliphatic rings. The maximum Gasteiger partial charge on any atom is 0.265 e. The van der Waals surface area contributed by atoms with Gasteiger partial charge in [0.2, 0.25) is 5.91 Å². The molecule has 1 aliphatic carbocycles. The van der Waals surface area contributed by atoms with E-state index in [2.05, 4.69) is 10.1 Å². The van der Waals surface area contributed by atoms with E-state index in [-0.39, 0.29) is 17.9 Å². The predicted octanol–water partition coefficient (Wildman–Crippen LogP) is 1.99. The van der Waals surface area contributed by atoms with Crippen LogP contribution >= 0.6 is 0 Å². The zero-order chi connectivity index (χ0) is 14.1. The van der Waals surface area contributed by atoms with Crippen molar-refractivity contribution in [1.29, 1.82) is 0 Å². The number of hydrogen-bond acceptors (Lipinski definition) is 5. The van der Waals surface area contributed by atoms with Crippen LogP contribution in [0.4, 0.5) is 5.95 Å². The minimum Gasteiger partial charge on any atom is -0.344 e. The molecule has 0 bridgehead atoms. The SMILES string of the molecule is CN(C)c1noc([C@@H]2CCCN2C(=O)C2CCCC2)n1. The quantitative estimate of drug-likeness (QED) is 0.846. The van der Waals surface area contributed by atoms with E-state index in [0.717, 1.165) is 32.2 Å². The molecule has 0 spiro atoms. The molecule has 1 saturated carbocycles. The molecule has 0 N–H and O–H groups in total. The van der Waals surface area contributed by atoms with Crippen LogP contribution in [0.2, 0.25) is 0 Å². The highest BCUT2D eigenvalue weighted by molar-refractivity contribution is 5.79. The van der Waals surface area contributed by atoms with Gasteiger partial charge in [-0.1, -0.05) is 12.8 Å². The van der Waals surface area contributed by atoms with Crippen molar-refractivity contribution in [2.24, 2.45) is 5.92 Å². The van der Waals surface area contributed by atoms with Crippen LogP contribution in [0.3, 0.4) is 0 Å². The first-order chi connectivity index (χ1) is 9.66. The zero-order valence-electron chi connectivity index (χ0n) is 12.2. The van der Waals surface area contributed by atoms with Crippen molar-refractivity contribution < 1.29 is 9.32 Å². The lowest BCUT2D eigenvalue weighted by atomic mass is 10.1. The lowest BCUT2D eigenvalue weighted by Crippen LogP contribution is -2.35. The summed E-state index contributed by atoms with van der Waals surface area (Å²) in [5.41, 5.74) is 0. The number of anilines is 1. The van der Waals surface area contributed by atoms with Crippen molar-refractivity contribution in [2.45, 2.75) is 44.6 Å². The van der Waals surface area contributed by atoms with E-state index in [1.807, 2.05) is 23.9 Å². The second-order valence-electron chi connectivity index (χ2n) is 6.00. The molecule has 0 unspecified atom stereocenters. The van der Waals surface area contributed by atoms with E-state index in [4.69, 9.17) is 4.52 Å². The van der Waals surface area contributed by atoms with Gasteiger partial charge in [-0.2, -0.15) is 4.98 Å². The summed E-state index contributed by atoms with van der Waals surface area (Å²) in [6.07, 6.45) is 6.38. The molecular weight excluding hydrogens is 256 g/mol. The van der Waals surface area contributed by atoms with Crippen molar-refractivity contribution in [3.8, 4) is 0 Å². The number of carbonyl (C=O) groups excluding carboxylic acids is 1. The van der Waals surface area contributed by atoms with E-state index >= 15 is 0 Å². The van der Waals surface area contributed by atoms with Crippen LogP contribution in [0.5, 0.6) is 0 Å². The number of aromatic nitrogens is 2. The Morgan fingerprint density at radius 3 is 2.65 bits per heavy atom. The van der Waals surface area contributed by atoms with Gasteiger partial charge in [0.15, 0.2) is 0 Å². The molecule has 1 amide bonds. The first-order valence-electron chi connectivity index (χ1n) is 7.48. The summed E-state index contributed by atoms with van der Waals surface area (Å²) in [4.78, 5) is 20.8. The molecule has 20 heavy (non-hydrogen) atoms. The average Bonchev–Trinajstić information content (AvgIpc) is 3.17. The average molecular weight is 278 g/mol. The Balaban J connectivity index is 1.75. The van der Waals surface area contributed by atoms with Gasteiger partial charge >= 0.3 is 0 Å². The highest BCUT2D eigenvalue weighted by Crippen LogP contribution is 2.35. The maximum absolute atomic E-state index is 12.6. The second kappa shape index (κ2) is 5.42. The summed E-state index contributed by atoms with van der Waals surface area (Å²) in [5.74, 6) is 1.65. The summed E-state index contributed by atoms with van der Waals surface area (Å²) < 4.78 is 5.36. The molecule has 3 rings (SSSR count). The molecule has 6 nitrogen and oxygen atoms in total. The maximum atomic E-state index is 12.6. The summed E-state index contributed by atoms with van der Waals surface area (Å²) >= 11 is 0. The van der Waals surface area contributed by atoms with Gasteiger partial charge in [0.05, 0.1) is 0 Å². The van der Waals surface area contributed by atoms with Crippen LogP contribution in [0, 0.1) is 5.92 Å². The summed E-state index contributed by atoms with van der Waals surface area (Å²) in [6, 6.07) is -0.0238. The van der Waals surface area contributed by atoms with Gasteiger partial charge < -0.3 is 14.3 Å². The largest absolute Gasteiger partial charge is 0.344 e. The number of hydrogen-bond donors (Lipinski definition) is 0. The van der Waals surface area contributed by atoms with E-state index < -0.39 is 0 Å². The van der Waals surface area contributed by atoms with Gasteiger partial charge in [0.25, 0.3) is 11.8 Å². The fraction of sp³-hybridized carbons (Fsp3) is 0.786. The number of nitrogens with zero attached hydrogens (tertiary/aromatic N) is 4. The minimum atomic E-state index is -0.0238. The van der Waals surface area contributed by atoms with Crippen LogP contribution in [0.15, 0.2) is 4.52 Å². The summed E-state index contributed by atoms with van der Waals surface area (Å²) in [5, 5.41) is 3.95. The monoisotopic (exact) mass is 278 g/mol. The Hall–Kier alpha value is -1.59. The number of rotatable bonds is 3. The molecule has 6 heteroatoms. The van der Waals surface area contributed by atoms with Gasteiger partial charge in [-0.15, -0.1) is 0 Å². The molecule has 2 heterocycles. The summed E-state index contributed by atoms with van der Waals surface area (Å²) in [6.45, 7) is 0.819. The second-order valence-corrected chi connectivity index (χ2v) is 6.00. The molecule has 1 aromatic heterocycles. The Morgan fingerprint density at radius 2 is 2.00 bits per heavy atom. The third-order valence-electron chi connectivity index (χ3n) is 4.36. The molecule has 0 radical (unpaired) electrons. The van der Waals surface area contributed by atoms with Gasteiger partial charge in [-0.05, 0) is 30.8 Å². The van der Waals surface area contributed by atoms with Gasteiger partial charge in [0, 0.05) is 26.6 Å². The van der Waals surface area contributed by atoms with E-state index in [0.29, 0.717) is 11.8 Å². The first-order valence-corrected chi connectivity index (χ1v) is 7.48. The first kappa shape index (κ1) is 13.4. The standard InChI is InChI=1S/C14H22N4O2/c1-17(2)14-15-12(20-16-14)11-8-5-9-18(11)13(19)10-6-3-4-7-10/h10-11H,3-9H2,1-2H3/t11-/m0/s1. The number of carbonyl (C=O) groups is 1. The predicted molar refractivity (Wildman–Crippen MR) is 74.3 cm³/mol. The fourth-order valence-electron chi connectivity index (χ4n) is 3.24. The van der Waals surface area contributed by atoms with Gasteiger partial charge in [-0.3, -0.25) is 4.79 Å². The van der Waals surface area contributed by atoms with E-state index in [1.54, 1.807) is 0 Å². The Morgan fingerprint density at radius 1 is 1.25 bits per heavy atom. The molecule has 1 aromatic rings. The third kappa shape index (κ3) is 2.39. The normalized spacial score (nSPS) is 23.5. The zero-order valence-corrected chi connectivity index (χ0v) is 12.2. The topological polar surface area (TPSA) is 62.5 Å². The van der Waals surface area contributed by atoms with Gasteiger partial charge in [-0.25, -0.2) is 0 Å². The minimum absolute atomic E-state index is 0.0238. The lowest BCUT2D eigenvalue weighted by molar-refractivity contribution is -0.136. The third-order valence-corrected chi connectivity index (χ3v) is 4.36. The smallest absolute Gasteiger partial charge is 0.265 e. The van der Waals surface area contributed by atoms with Gasteiger partial charge in [0.1, 0.15) is 6.04 Å². The molecule has 0 aromatic carbocycles. The highest BCUT2D eigenvalue weighted by Gasteiger charge is 2.37. The van der Waals surface area contributed by atoms with Crippen LogP contribution in [-0.4, -0.2) is 41.6 Å². The van der Waals surface area contributed by atoms with Crippen LogP contribution in [0.25, 0.3) is 0 Å². The van der Waals surface area contributed by atoms with Crippen molar-refractivity contribution >= 4 is 11.9 Å². The molecule has 1 aliphatic heterocycles. The fourth-order valence-corrected chi connectivity index (χ4v) is 3.24. The van der Waals surface area contributed by atoms with Crippen molar-refractivity contribution in [3.63, 3.8) is 0 Å².